The maximum atomic E-state index is 9.82. The predicted octanol–water partition coefficient (Wildman–Crippen LogP) is 2.56. The molecule has 0 radical (unpaired) electrons. The molecule has 6 nitrogen and oxygen atoms in total. The third-order valence-electron chi connectivity index (χ3n) is 5.17. The summed E-state index contributed by atoms with van der Waals surface area (Å²) in [6.45, 7) is 0. The molecular weight excluding hydrogens is 314 g/mol. The Bertz CT molecular complexity index is 722. The summed E-state index contributed by atoms with van der Waals surface area (Å²) >= 11 is 0. The minimum Gasteiger partial charge on any atom is -0.393 e. The molecule has 132 valence electrons. The highest BCUT2D eigenvalue weighted by Crippen LogP contribution is 2.23. The van der Waals surface area contributed by atoms with E-state index in [-0.39, 0.29) is 6.10 Å². The highest BCUT2D eigenvalue weighted by Gasteiger charge is 2.21. The molecule has 3 atom stereocenters. The summed E-state index contributed by atoms with van der Waals surface area (Å²) in [5.41, 5.74) is 2.53. The van der Waals surface area contributed by atoms with E-state index in [4.69, 9.17) is 0 Å². The van der Waals surface area contributed by atoms with Crippen molar-refractivity contribution in [1.82, 2.24) is 15.0 Å². The third kappa shape index (κ3) is 4.07. The molecule has 0 amide bonds. The lowest BCUT2D eigenvalue weighted by molar-refractivity contribution is 0.124. The van der Waals surface area contributed by atoms with E-state index in [0.717, 1.165) is 50.8 Å². The van der Waals surface area contributed by atoms with Gasteiger partial charge in [-0.15, -0.1) is 0 Å². The number of fused-ring (bicyclic) bond motifs is 1. The molecule has 2 aromatic rings. The Morgan fingerprint density at radius 3 is 2.88 bits per heavy atom. The average molecular weight is 339 g/mol. The molecule has 2 aromatic heterocycles. The molecule has 0 saturated heterocycles. The van der Waals surface area contributed by atoms with Gasteiger partial charge in [0.1, 0.15) is 5.82 Å². The fourth-order valence-electron chi connectivity index (χ4n) is 3.88. The van der Waals surface area contributed by atoms with Crippen LogP contribution in [-0.4, -0.2) is 38.2 Å². The first-order chi connectivity index (χ1) is 12.3. The highest BCUT2D eigenvalue weighted by molar-refractivity contribution is 5.41. The van der Waals surface area contributed by atoms with E-state index in [1.165, 1.54) is 11.3 Å². The number of hydrogen-bond donors (Lipinski definition) is 3. The van der Waals surface area contributed by atoms with Crippen LogP contribution in [0.15, 0.2) is 30.6 Å². The Morgan fingerprint density at radius 2 is 1.96 bits per heavy atom. The second-order valence-electron chi connectivity index (χ2n) is 7.12. The number of aliphatic hydroxyl groups is 1. The zero-order chi connectivity index (χ0) is 17.1. The number of pyridine rings is 1. The van der Waals surface area contributed by atoms with Gasteiger partial charge in [-0.1, -0.05) is 6.07 Å². The maximum absolute atomic E-state index is 9.82. The number of anilines is 2. The number of nitrogens with one attached hydrogen (secondary N) is 2. The summed E-state index contributed by atoms with van der Waals surface area (Å²) in [5, 5.41) is 16.7. The Labute approximate surface area is 148 Å². The largest absolute Gasteiger partial charge is 0.393 e. The minimum absolute atomic E-state index is 0.193. The first kappa shape index (κ1) is 16.3. The summed E-state index contributed by atoms with van der Waals surface area (Å²) in [7, 11) is 0. The lowest BCUT2D eigenvalue weighted by atomic mass is 9.92. The number of nitrogens with zero attached hydrogens (tertiary/aromatic N) is 3. The molecule has 0 aliphatic heterocycles. The Morgan fingerprint density at radius 1 is 1.00 bits per heavy atom. The average Bonchev–Trinajstić information content (AvgIpc) is 2.62. The van der Waals surface area contributed by atoms with Crippen molar-refractivity contribution in [1.29, 1.82) is 0 Å². The maximum Gasteiger partial charge on any atom is 0.224 e. The van der Waals surface area contributed by atoms with Gasteiger partial charge >= 0.3 is 0 Å². The van der Waals surface area contributed by atoms with Crippen molar-refractivity contribution in [2.24, 2.45) is 0 Å². The molecule has 0 unspecified atom stereocenters. The quantitative estimate of drug-likeness (QED) is 0.794. The van der Waals surface area contributed by atoms with Crippen molar-refractivity contribution in [3.05, 3.63) is 41.9 Å². The fourth-order valence-corrected chi connectivity index (χ4v) is 3.88. The molecule has 4 rings (SSSR count). The van der Waals surface area contributed by atoms with E-state index in [0.29, 0.717) is 18.0 Å². The van der Waals surface area contributed by atoms with E-state index < -0.39 is 0 Å². The summed E-state index contributed by atoms with van der Waals surface area (Å²) in [6.07, 6.45) is 10.3. The predicted molar refractivity (Wildman–Crippen MR) is 97.6 cm³/mol. The van der Waals surface area contributed by atoms with Crippen molar-refractivity contribution in [2.75, 3.05) is 10.6 Å². The molecule has 0 aromatic carbocycles. The second kappa shape index (κ2) is 7.35. The van der Waals surface area contributed by atoms with Gasteiger partial charge in [-0.25, -0.2) is 4.98 Å². The lowest BCUT2D eigenvalue weighted by Crippen LogP contribution is -2.31. The van der Waals surface area contributed by atoms with E-state index in [1.807, 2.05) is 18.3 Å². The normalized spacial score (nSPS) is 25.9. The summed E-state index contributed by atoms with van der Waals surface area (Å²) in [6, 6.07) is 6.68. The number of aromatic nitrogens is 3. The van der Waals surface area contributed by atoms with Gasteiger partial charge in [-0.2, -0.15) is 4.98 Å². The summed E-state index contributed by atoms with van der Waals surface area (Å²) < 4.78 is 0. The van der Waals surface area contributed by atoms with Crippen molar-refractivity contribution in [3.63, 3.8) is 0 Å². The molecule has 6 heteroatoms. The van der Waals surface area contributed by atoms with Crippen molar-refractivity contribution < 1.29 is 5.11 Å². The van der Waals surface area contributed by atoms with Gasteiger partial charge in [0.05, 0.1) is 6.10 Å². The Hall–Kier alpha value is -2.21. The monoisotopic (exact) mass is 339 g/mol. The van der Waals surface area contributed by atoms with Gasteiger partial charge in [0.2, 0.25) is 5.95 Å². The van der Waals surface area contributed by atoms with Crippen LogP contribution in [0.2, 0.25) is 0 Å². The van der Waals surface area contributed by atoms with Crippen LogP contribution in [0.1, 0.15) is 43.4 Å². The molecule has 0 spiro atoms. The van der Waals surface area contributed by atoms with Crippen LogP contribution in [-0.2, 0) is 12.8 Å². The van der Waals surface area contributed by atoms with Crippen molar-refractivity contribution in [2.45, 2.75) is 63.1 Å². The van der Waals surface area contributed by atoms with Crippen LogP contribution in [0, 0.1) is 0 Å². The summed E-state index contributed by atoms with van der Waals surface area (Å²) in [4.78, 5) is 13.4. The number of aliphatic hydroxyl groups excluding tert-OH is 1. The van der Waals surface area contributed by atoms with Crippen LogP contribution in [0.4, 0.5) is 11.8 Å². The van der Waals surface area contributed by atoms with Crippen LogP contribution in [0.5, 0.6) is 0 Å². The van der Waals surface area contributed by atoms with Gasteiger partial charge in [0.15, 0.2) is 0 Å². The van der Waals surface area contributed by atoms with Gasteiger partial charge < -0.3 is 15.7 Å². The number of aryl methyl sites for hydroxylation is 1. The van der Waals surface area contributed by atoms with Gasteiger partial charge in [-0.05, 0) is 62.6 Å². The molecule has 3 N–H and O–H groups in total. The molecule has 1 saturated carbocycles. The Kier molecular flexibility index (Phi) is 4.78. The van der Waals surface area contributed by atoms with E-state index >= 15 is 0 Å². The van der Waals surface area contributed by atoms with Gasteiger partial charge in [-0.3, -0.25) is 4.98 Å². The zero-order valence-corrected chi connectivity index (χ0v) is 14.4. The molecule has 0 bridgehead atoms. The van der Waals surface area contributed by atoms with E-state index in [1.54, 1.807) is 6.20 Å². The topological polar surface area (TPSA) is 83.0 Å². The minimum atomic E-state index is -0.193. The second-order valence-corrected chi connectivity index (χ2v) is 7.12. The van der Waals surface area contributed by atoms with E-state index in [2.05, 4.69) is 31.7 Å². The number of rotatable bonds is 4. The zero-order valence-electron chi connectivity index (χ0n) is 14.4. The molecule has 25 heavy (non-hydrogen) atoms. The smallest absolute Gasteiger partial charge is 0.224 e. The summed E-state index contributed by atoms with van der Waals surface area (Å²) in [5.74, 6) is 1.49. The number of hydrogen-bond acceptors (Lipinski definition) is 6. The third-order valence-corrected chi connectivity index (χ3v) is 5.17. The fraction of sp³-hybridized carbons (Fsp3) is 0.526. The first-order valence-corrected chi connectivity index (χ1v) is 9.23. The molecule has 2 aliphatic rings. The van der Waals surface area contributed by atoms with Crippen LogP contribution < -0.4 is 10.6 Å². The molecule has 1 fully saturated rings. The van der Waals surface area contributed by atoms with Crippen LogP contribution >= 0.6 is 0 Å². The molecule has 2 heterocycles. The van der Waals surface area contributed by atoms with Gasteiger partial charge in [0, 0.05) is 30.2 Å². The lowest BCUT2D eigenvalue weighted by Gasteiger charge is -2.27. The first-order valence-electron chi connectivity index (χ1n) is 9.23. The highest BCUT2D eigenvalue weighted by atomic mass is 16.3. The van der Waals surface area contributed by atoms with E-state index in [9.17, 15) is 5.11 Å². The van der Waals surface area contributed by atoms with Crippen molar-refractivity contribution >= 4 is 11.8 Å². The standard InChI is InChI=1S/C19H25N5O/c25-16-5-1-4-14(12-16)22-18-8-10-21-19(24-18)23-15-6-7-17-13(11-15)3-2-9-20-17/h2-3,8-10,14-16,25H,1,4-7,11-12H2,(H2,21,22,23,24)/t14-,15+,16+/m1/s1. The molecule has 2 aliphatic carbocycles. The van der Waals surface area contributed by atoms with Crippen LogP contribution in [0.3, 0.4) is 0 Å². The van der Waals surface area contributed by atoms with Crippen molar-refractivity contribution in [3.8, 4) is 0 Å². The molecular formula is C19H25N5O. The van der Waals surface area contributed by atoms with Gasteiger partial charge in [0.25, 0.3) is 0 Å². The Balaban J connectivity index is 1.38. The SMILES string of the molecule is O[C@H]1CCC[C@@H](Nc2ccnc(N[C@H]3CCc4ncccc4C3)n2)C1. The van der Waals surface area contributed by atoms with Crippen LogP contribution in [0.25, 0.3) is 0 Å².